The molecule has 2 heterocycles. The number of aromatic nitrogens is 2. The molecule has 36 heavy (non-hydrogen) atoms. The third kappa shape index (κ3) is 4.13. The van der Waals surface area contributed by atoms with Crippen molar-refractivity contribution in [3.8, 4) is 40.2 Å². The second kappa shape index (κ2) is 9.90. The van der Waals surface area contributed by atoms with Crippen LogP contribution in [-0.4, -0.2) is 44.8 Å². The van der Waals surface area contributed by atoms with Gasteiger partial charge in [-0.05, 0) is 48.0 Å². The molecule has 186 valence electrons. The van der Waals surface area contributed by atoms with Crippen LogP contribution < -0.4 is 34.0 Å². The summed E-state index contributed by atoms with van der Waals surface area (Å²) in [6, 6.07) is 14.6. The fourth-order valence-corrected chi connectivity index (χ4v) is 4.95. The molecule has 9 nitrogen and oxygen atoms in total. The Morgan fingerprint density at radius 3 is 2.33 bits per heavy atom. The maximum absolute atomic E-state index is 13.9. The highest BCUT2D eigenvalue weighted by Crippen LogP contribution is 2.42. The second-order valence-electron chi connectivity index (χ2n) is 7.75. The predicted octanol–water partition coefficient (Wildman–Crippen LogP) is 4.44. The van der Waals surface area contributed by atoms with Crippen LogP contribution >= 0.6 is 11.8 Å². The van der Waals surface area contributed by atoms with E-state index in [2.05, 4.69) is 0 Å². The quantitative estimate of drug-likeness (QED) is 0.253. The molecule has 1 aromatic heterocycles. The van der Waals surface area contributed by atoms with Crippen LogP contribution in [-0.2, 0) is 5.75 Å². The minimum Gasteiger partial charge on any atom is -0.497 e. The molecule has 4 aromatic rings. The molecule has 5 rings (SSSR count). The van der Waals surface area contributed by atoms with Crippen molar-refractivity contribution in [2.75, 3.05) is 35.2 Å². The number of nitrogens with zero attached hydrogens (tertiary/aromatic N) is 2. The first-order valence-electron chi connectivity index (χ1n) is 11.0. The van der Waals surface area contributed by atoms with E-state index in [-0.39, 0.29) is 12.4 Å². The Morgan fingerprint density at radius 2 is 1.64 bits per heavy atom. The molecule has 0 saturated heterocycles. The molecular formula is C26H24N2O7S. The number of fused-ring (bicyclic) bond motifs is 2. The lowest BCUT2D eigenvalue weighted by Gasteiger charge is -2.17. The molecule has 0 radical (unpaired) electrons. The van der Waals surface area contributed by atoms with Gasteiger partial charge in [-0.2, -0.15) is 0 Å². The number of rotatable bonds is 8. The minimum atomic E-state index is -0.266. The van der Waals surface area contributed by atoms with Gasteiger partial charge in [-0.1, -0.05) is 17.8 Å². The van der Waals surface area contributed by atoms with E-state index in [9.17, 15) is 4.79 Å². The zero-order chi connectivity index (χ0) is 25.2. The minimum absolute atomic E-state index is 0.209. The van der Waals surface area contributed by atoms with E-state index in [4.69, 9.17) is 33.4 Å². The fraction of sp³-hybridized carbons (Fsp3) is 0.231. The van der Waals surface area contributed by atoms with Crippen LogP contribution in [0.25, 0.3) is 16.6 Å². The van der Waals surface area contributed by atoms with Crippen molar-refractivity contribution < 1.29 is 28.4 Å². The summed E-state index contributed by atoms with van der Waals surface area (Å²) in [6.07, 6.45) is 0. The molecule has 0 unspecified atom stereocenters. The van der Waals surface area contributed by atoms with Gasteiger partial charge in [0.1, 0.15) is 11.3 Å². The van der Waals surface area contributed by atoms with Crippen LogP contribution in [0, 0.1) is 0 Å². The first-order valence-corrected chi connectivity index (χ1v) is 12.0. The first kappa shape index (κ1) is 23.7. The van der Waals surface area contributed by atoms with Crippen LogP contribution in [0.5, 0.6) is 34.5 Å². The highest BCUT2D eigenvalue weighted by molar-refractivity contribution is 7.98. The number of benzene rings is 3. The summed E-state index contributed by atoms with van der Waals surface area (Å²) in [5.74, 6) is 3.72. The number of hydrogen-bond donors (Lipinski definition) is 0. The van der Waals surface area contributed by atoms with E-state index in [0.29, 0.717) is 62.0 Å². The largest absolute Gasteiger partial charge is 0.497 e. The molecule has 0 atom stereocenters. The van der Waals surface area contributed by atoms with Crippen molar-refractivity contribution in [2.24, 2.45) is 0 Å². The number of methoxy groups -OCH3 is 4. The standard InChI is InChI=1S/C26H24N2O7S/c1-30-17-8-6-16(7-9-17)28-25(29)18-12-21(31-2)23(32-3)24(33-4)22(18)27-26(28)36-13-15-5-10-19-20(11-15)35-14-34-19/h5-12H,13-14H2,1-4H3. The van der Waals surface area contributed by atoms with E-state index in [1.165, 1.54) is 33.1 Å². The van der Waals surface area contributed by atoms with Crippen molar-refractivity contribution in [1.29, 1.82) is 0 Å². The number of ether oxygens (including phenoxy) is 6. The Labute approximate surface area is 211 Å². The first-order chi connectivity index (χ1) is 17.6. The summed E-state index contributed by atoms with van der Waals surface area (Å²) in [7, 11) is 6.12. The Hall–Kier alpha value is -4.05. The van der Waals surface area contributed by atoms with Gasteiger partial charge in [-0.25, -0.2) is 4.98 Å². The maximum atomic E-state index is 13.9. The third-order valence-corrected chi connectivity index (χ3v) is 6.78. The Kier molecular flexibility index (Phi) is 6.51. The average Bonchev–Trinajstić information content (AvgIpc) is 3.39. The molecule has 0 fully saturated rings. The molecule has 0 saturated carbocycles. The summed E-state index contributed by atoms with van der Waals surface area (Å²) in [6.45, 7) is 0.209. The second-order valence-corrected chi connectivity index (χ2v) is 8.69. The Balaban J connectivity index is 1.67. The highest BCUT2D eigenvalue weighted by Gasteiger charge is 2.23. The predicted molar refractivity (Wildman–Crippen MR) is 136 cm³/mol. The molecule has 0 amide bonds. The molecule has 0 bridgehead atoms. The zero-order valence-corrected chi connectivity index (χ0v) is 21.0. The van der Waals surface area contributed by atoms with Crippen LogP contribution in [0.1, 0.15) is 5.56 Å². The Morgan fingerprint density at radius 1 is 0.889 bits per heavy atom. The van der Waals surface area contributed by atoms with Crippen molar-refractivity contribution in [2.45, 2.75) is 10.9 Å². The smallest absolute Gasteiger partial charge is 0.266 e. The van der Waals surface area contributed by atoms with Gasteiger partial charge in [-0.3, -0.25) is 9.36 Å². The van der Waals surface area contributed by atoms with Crippen molar-refractivity contribution in [1.82, 2.24) is 9.55 Å². The SMILES string of the molecule is COc1ccc(-n2c(SCc3ccc4c(c3)OCO4)nc3c(OC)c(OC)c(OC)cc3c2=O)cc1. The highest BCUT2D eigenvalue weighted by atomic mass is 32.2. The van der Waals surface area contributed by atoms with Gasteiger partial charge in [0.15, 0.2) is 28.2 Å². The van der Waals surface area contributed by atoms with Crippen molar-refractivity contribution >= 4 is 22.7 Å². The Bertz CT molecular complexity index is 1490. The summed E-state index contributed by atoms with van der Waals surface area (Å²) in [5.41, 5.74) is 1.77. The van der Waals surface area contributed by atoms with E-state index < -0.39 is 0 Å². The van der Waals surface area contributed by atoms with Gasteiger partial charge in [0.05, 0.1) is 39.5 Å². The molecule has 3 aromatic carbocycles. The van der Waals surface area contributed by atoms with E-state index in [1.807, 2.05) is 30.3 Å². The van der Waals surface area contributed by atoms with Gasteiger partial charge in [0.2, 0.25) is 12.5 Å². The lowest BCUT2D eigenvalue weighted by atomic mass is 10.2. The summed E-state index contributed by atoms with van der Waals surface area (Å²) >= 11 is 1.42. The molecular weight excluding hydrogens is 484 g/mol. The third-order valence-electron chi connectivity index (χ3n) is 5.77. The fourth-order valence-electron chi connectivity index (χ4n) is 4.00. The molecule has 0 aliphatic carbocycles. The van der Waals surface area contributed by atoms with Crippen molar-refractivity contribution in [3.05, 3.63) is 64.4 Å². The van der Waals surface area contributed by atoms with Crippen LogP contribution in [0.3, 0.4) is 0 Å². The van der Waals surface area contributed by atoms with Gasteiger partial charge in [-0.15, -0.1) is 0 Å². The van der Waals surface area contributed by atoms with Gasteiger partial charge in [0, 0.05) is 5.75 Å². The van der Waals surface area contributed by atoms with Gasteiger partial charge in [0.25, 0.3) is 5.56 Å². The lowest BCUT2D eigenvalue weighted by molar-refractivity contribution is 0.174. The van der Waals surface area contributed by atoms with Crippen LogP contribution in [0.2, 0.25) is 0 Å². The van der Waals surface area contributed by atoms with Crippen LogP contribution in [0.15, 0.2) is 58.5 Å². The van der Waals surface area contributed by atoms with E-state index in [1.54, 1.807) is 29.9 Å². The van der Waals surface area contributed by atoms with Crippen molar-refractivity contribution in [3.63, 3.8) is 0 Å². The molecule has 10 heteroatoms. The van der Waals surface area contributed by atoms with Gasteiger partial charge < -0.3 is 28.4 Å². The molecule has 0 N–H and O–H groups in total. The molecule has 1 aliphatic rings. The van der Waals surface area contributed by atoms with E-state index in [0.717, 1.165) is 5.56 Å². The van der Waals surface area contributed by atoms with E-state index >= 15 is 0 Å². The topological polar surface area (TPSA) is 90.3 Å². The van der Waals surface area contributed by atoms with Gasteiger partial charge >= 0.3 is 0 Å². The number of thioether (sulfide) groups is 1. The summed E-state index contributed by atoms with van der Waals surface area (Å²) < 4.78 is 34.4. The normalized spacial score (nSPS) is 12.0. The molecule has 1 aliphatic heterocycles. The lowest BCUT2D eigenvalue weighted by Crippen LogP contribution is -2.22. The molecule has 0 spiro atoms. The summed E-state index contributed by atoms with van der Waals surface area (Å²) in [4.78, 5) is 18.8. The monoisotopic (exact) mass is 508 g/mol. The zero-order valence-electron chi connectivity index (χ0n) is 20.2. The average molecular weight is 509 g/mol. The maximum Gasteiger partial charge on any atom is 0.266 e. The number of hydrogen-bond acceptors (Lipinski definition) is 9. The summed E-state index contributed by atoms with van der Waals surface area (Å²) in [5, 5.41) is 0.827. The van der Waals surface area contributed by atoms with Crippen LogP contribution in [0.4, 0.5) is 0 Å².